The Labute approximate surface area is 107 Å². The van der Waals surface area contributed by atoms with E-state index in [1.165, 1.54) is 25.3 Å². The van der Waals surface area contributed by atoms with E-state index in [1.54, 1.807) is 0 Å². The minimum absolute atomic E-state index is 0.00884. The molecule has 0 bridgehead atoms. The number of rotatable bonds is 3. The first-order valence-electron chi connectivity index (χ1n) is 5.30. The Kier molecular flexibility index (Phi) is 3.51. The van der Waals surface area contributed by atoms with Gasteiger partial charge in [0, 0.05) is 12.6 Å². The molecule has 0 spiro atoms. The predicted molar refractivity (Wildman–Crippen MR) is 65.0 cm³/mol. The molecular weight excluding hydrogens is 253 g/mol. The third kappa shape index (κ3) is 3.12. The Morgan fingerprint density at radius 1 is 1.32 bits per heavy atom. The summed E-state index contributed by atoms with van der Waals surface area (Å²) in [5, 5.41) is 14.2. The summed E-state index contributed by atoms with van der Waals surface area (Å²) >= 11 is 0. The number of carbonyl (C=O) groups is 2. The van der Waals surface area contributed by atoms with Crippen molar-refractivity contribution in [1.29, 1.82) is 0 Å². The molecule has 1 heterocycles. The summed E-state index contributed by atoms with van der Waals surface area (Å²) in [6, 6.07) is 3.83. The van der Waals surface area contributed by atoms with E-state index in [4.69, 9.17) is 0 Å². The molecule has 1 aromatic carbocycles. The zero-order chi connectivity index (χ0) is 13.8. The van der Waals surface area contributed by atoms with Crippen molar-refractivity contribution in [3.63, 3.8) is 0 Å². The third-order valence-electron chi connectivity index (χ3n) is 2.18. The summed E-state index contributed by atoms with van der Waals surface area (Å²) in [4.78, 5) is 22.6. The molecular formula is C11H10FN5O2. The van der Waals surface area contributed by atoms with Crippen molar-refractivity contribution in [2.24, 2.45) is 0 Å². The van der Waals surface area contributed by atoms with Crippen LogP contribution < -0.4 is 10.6 Å². The smallest absolute Gasteiger partial charge is 0.277 e. The van der Waals surface area contributed by atoms with Gasteiger partial charge in [0.25, 0.3) is 5.91 Å². The fraction of sp³-hybridized carbons (Fsp3) is 0.0909. The molecule has 98 valence electrons. The largest absolute Gasteiger partial charge is 0.324 e. The number of hydrogen-bond donors (Lipinski definition) is 3. The van der Waals surface area contributed by atoms with E-state index in [2.05, 4.69) is 26.0 Å². The second-order valence-corrected chi connectivity index (χ2v) is 3.69. The topological polar surface area (TPSA) is 99.8 Å². The second-order valence-electron chi connectivity index (χ2n) is 3.69. The molecule has 0 unspecified atom stereocenters. The van der Waals surface area contributed by atoms with Gasteiger partial charge in [0.15, 0.2) is 5.69 Å². The van der Waals surface area contributed by atoms with E-state index in [9.17, 15) is 14.0 Å². The molecule has 1 aromatic heterocycles. The molecule has 0 radical (unpaired) electrons. The fourth-order valence-corrected chi connectivity index (χ4v) is 1.39. The predicted octanol–water partition coefficient (Wildman–Crippen LogP) is 1.15. The maximum Gasteiger partial charge on any atom is 0.277 e. The highest BCUT2D eigenvalue weighted by molar-refractivity contribution is 6.03. The summed E-state index contributed by atoms with van der Waals surface area (Å²) in [5.74, 6) is -1.48. The van der Waals surface area contributed by atoms with Gasteiger partial charge in [0.05, 0.1) is 11.9 Å². The number of nitrogens with zero attached hydrogens (tertiary/aromatic N) is 2. The summed E-state index contributed by atoms with van der Waals surface area (Å²) in [5.41, 5.74) is 0.425. The number of carbonyl (C=O) groups excluding carboxylic acids is 2. The number of aromatic amines is 1. The van der Waals surface area contributed by atoms with Crippen molar-refractivity contribution < 1.29 is 14.0 Å². The van der Waals surface area contributed by atoms with Crippen LogP contribution in [-0.2, 0) is 4.79 Å². The standard InChI is InChI=1S/C11H10FN5O2/c1-6(18)14-9-4-7(2-3-8(9)12)15-11(19)10-5-13-17-16-10/h2-5H,1H3,(H,14,18)(H,15,19)(H,13,16,17). The number of benzene rings is 1. The van der Waals surface area contributed by atoms with Gasteiger partial charge in [-0.25, -0.2) is 4.39 Å². The highest BCUT2D eigenvalue weighted by Crippen LogP contribution is 2.19. The zero-order valence-electron chi connectivity index (χ0n) is 9.90. The van der Waals surface area contributed by atoms with Crippen molar-refractivity contribution in [2.75, 3.05) is 10.6 Å². The van der Waals surface area contributed by atoms with Gasteiger partial charge in [0.2, 0.25) is 5.91 Å². The molecule has 2 aromatic rings. The maximum absolute atomic E-state index is 13.4. The first-order valence-corrected chi connectivity index (χ1v) is 5.30. The fourth-order valence-electron chi connectivity index (χ4n) is 1.39. The molecule has 7 nitrogen and oxygen atoms in total. The van der Waals surface area contributed by atoms with Crippen molar-refractivity contribution >= 4 is 23.2 Å². The van der Waals surface area contributed by atoms with E-state index in [0.29, 0.717) is 5.69 Å². The quantitative estimate of drug-likeness (QED) is 0.773. The van der Waals surface area contributed by atoms with Crippen LogP contribution in [0.4, 0.5) is 15.8 Å². The van der Waals surface area contributed by atoms with Crippen LogP contribution in [0.5, 0.6) is 0 Å². The van der Waals surface area contributed by atoms with Gasteiger partial charge < -0.3 is 10.6 Å². The number of H-pyrrole nitrogens is 1. The highest BCUT2D eigenvalue weighted by atomic mass is 19.1. The van der Waals surface area contributed by atoms with Crippen molar-refractivity contribution in [3.8, 4) is 0 Å². The van der Waals surface area contributed by atoms with E-state index >= 15 is 0 Å². The molecule has 8 heteroatoms. The molecule has 3 N–H and O–H groups in total. The lowest BCUT2D eigenvalue weighted by Crippen LogP contribution is -2.13. The normalized spacial score (nSPS) is 10.0. The van der Waals surface area contributed by atoms with Crippen LogP contribution in [-0.4, -0.2) is 27.2 Å². The molecule has 0 saturated carbocycles. The Hall–Kier alpha value is -2.77. The van der Waals surface area contributed by atoms with Crippen LogP contribution in [0.2, 0.25) is 0 Å². The number of aromatic nitrogens is 3. The number of hydrogen-bond acceptors (Lipinski definition) is 4. The molecule has 0 fully saturated rings. The molecule has 2 amide bonds. The monoisotopic (exact) mass is 263 g/mol. The Morgan fingerprint density at radius 3 is 2.74 bits per heavy atom. The Morgan fingerprint density at radius 2 is 2.11 bits per heavy atom. The molecule has 0 atom stereocenters. The molecule has 19 heavy (non-hydrogen) atoms. The summed E-state index contributed by atoms with van der Waals surface area (Å²) < 4.78 is 13.4. The Balaban J connectivity index is 2.17. The second kappa shape index (κ2) is 5.25. The number of nitrogens with one attached hydrogen (secondary N) is 3. The lowest BCUT2D eigenvalue weighted by Gasteiger charge is -2.07. The zero-order valence-corrected chi connectivity index (χ0v) is 9.90. The lowest BCUT2D eigenvalue weighted by molar-refractivity contribution is -0.114. The van der Waals surface area contributed by atoms with E-state index in [1.807, 2.05) is 0 Å². The lowest BCUT2D eigenvalue weighted by atomic mass is 10.2. The number of amides is 2. The molecule has 0 aliphatic carbocycles. The van der Waals surface area contributed by atoms with Crippen LogP contribution in [0.15, 0.2) is 24.4 Å². The van der Waals surface area contributed by atoms with Gasteiger partial charge in [-0.05, 0) is 18.2 Å². The van der Waals surface area contributed by atoms with Gasteiger partial charge in [-0.3, -0.25) is 9.59 Å². The Bertz CT molecular complexity index is 612. The van der Waals surface area contributed by atoms with Crippen molar-refractivity contribution in [1.82, 2.24) is 15.4 Å². The van der Waals surface area contributed by atoms with Gasteiger partial charge >= 0.3 is 0 Å². The van der Waals surface area contributed by atoms with Gasteiger partial charge in [-0.1, -0.05) is 0 Å². The van der Waals surface area contributed by atoms with Crippen LogP contribution in [0.25, 0.3) is 0 Å². The maximum atomic E-state index is 13.4. The summed E-state index contributed by atoms with van der Waals surface area (Å²) in [7, 11) is 0. The van der Waals surface area contributed by atoms with Crippen LogP contribution >= 0.6 is 0 Å². The molecule has 2 rings (SSSR count). The summed E-state index contributed by atoms with van der Waals surface area (Å²) in [6.07, 6.45) is 1.26. The van der Waals surface area contributed by atoms with E-state index in [-0.39, 0.29) is 11.4 Å². The SMILES string of the molecule is CC(=O)Nc1cc(NC(=O)c2cn[nH]n2)ccc1F. The number of halogens is 1. The first-order chi connectivity index (χ1) is 9.06. The van der Waals surface area contributed by atoms with Gasteiger partial charge in [-0.15, -0.1) is 0 Å². The van der Waals surface area contributed by atoms with Gasteiger partial charge in [-0.2, -0.15) is 15.4 Å². The minimum Gasteiger partial charge on any atom is -0.324 e. The van der Waals surface area contributed by atoms with Crippen LogP contribution in [0, 0.1) is 5.82 Å². The minimum atomic E-state index is -0.588. The average molecular weight is 263 g/mol. The van der Waals surface area contributed by atoms with Crippen LogP contribution in [0.3, 0.4) is 0 Å². The molecule has 0 aliphatic rings. The van der Waals surface area contributed by atoms with Crippen LogP contribution in [0.1, 0.15) is 17.4 Å². The average Bonchev–Trinajstić information content (AvgIpc) is 2.86. The highest BCUT2D eigenvalue weighted by Gasteiger charge is 2.11. The number of anilines is 2. The first kappa shape index (κ1) is 12.7. The van der Waals surface area contributed by atoms with Crippen molar-refractivity contribution in [2.45, 2.75) is 6.92 Å². The van der Waals surface area contributed by atoms with Gasteiger partial charge in [0.1, 0.15) is 5.82 Å². The molecule has 0 aliphatic heterocycles. The van der Waals surface area contributed by atoms with E-state index < -0.39 is 17.6 Å². The van der Waals surface area contributed by atoms with E-state index in [0.717, 1.165) is 6.07 Å². The third-order valence-corrected chi connectivity index (χ3v) is 2.18. The summed E-state index contributed by atoms with van der Waals surface area (Å²) in [6.45, 7) is 1.26. The molecule has 0 saturated heterocycles. The van der Waals surface area contributed by atoms with Crippen molar-refractivity contribution in [3.05, 3.63) is 35.9 Å².